The van der Waals surface area contributed by atoms with Crippen molar-refractivity contribution in [3.63, 3.8) is 0 Å². The molecule has 0 bridgehead atoms. The zero-order valence-electron chi connectivity index (χ0n) is 18.4. The molecule has 32 heavy (non-hydrogen) atoms. The number of methoxy groups -OCH3 is 1. The summed E-state index contributed by atoms with van der Waals surface area (Å²) >= 11 is 0. The van der Waals surface area contributed by atoms with Gasteiger partial charge in [0.05, 0.1) is 55.9 Å². The normalized spacial score (nSPS) is 22.8. The van der Waals surface area contributed by atoms with Crippen LogP contribution >= 0.6 is 0 Å². The van der Waals surface area contributed by atoms with Crippen LogP contribution in [0, 0.1) is 0 Å². The topological polar surface area (TPSA) is 83.6 Å². The summed E-state index contributed by atoms with van der Waals surface area (Å²) in [6, 6.07) is 10.6. The summed E-state index contributed by atoms with van der Waals surface area (Å²) in [4.78, 5) is 29.0. The number of benzene rings is 1. The van der Waals surface area contributed by atoms with E-state index in [4.69, 9.17) is 14.5 Å². The fraction of sp³-hybridized carbons (Fsp3) is 0.458. The molecule has 1 aromatic carbocycles. The first kappa shape index (κ1) is 21.1. The van der Waals surface area contributed by atoms with Crippen molar-refractivity contribution in [3.8, 4) is 17.1 Å². The lowest BCUT2D eigenvalue weighted by molar-refractivity contribution is -0.110. The molecule has 1 N–H and O–H groups in total. The monoisotopic (exact) mass is 435 g/mol. The minimum absolute atomic E-state index is 0.0648. The molecule has 2 fully saturated rings. The second-order valence-corrected chi connectivity index (χ2v) is 8.42. The summed E-state index contributed by atoms with van der Waals surface area (Å²) in [5.74, 6) is 1.45. The van der Waals surface area contributed by atoms with Gasteiger partial charge in [0.2, 0.25) is 5.88 Å². The Balaban J connectivity index is 1.45. The number of ether oxygens (including phenoxy) is 2. The van der Waals surface area contributed by atoms with E-state index in [-0.39, 0.29) is 6.04 Å². The van der Waals surface area contributed by atoms with Gasteiger partial charge in [0, 0.05) is 31.1 Å². The van der Waals surface area contributed by atoms with Crippen LogP contribution in [-0.4, -0.2) is 83.6 Å². The summed E-state index contributed by atoms with van der Waals surface area (Å²) in [5.41, 5.74) is 2.65. The van der Waals surface area contributed by atoms with Crippen molar-refractivity contribution in [2.75, 3.05) is 46.5 Å². The molecule has 3 aromatic rings. The number of H-pyrrole nitrogens is 1. The number of morpholine rings is 1. The number of carbonyl (C=O) groups is 1. The number of rotatable bonds is 6. The maximum absolute atomic E-state index is 11.3. The number of aromatic amines is 1. The summed E-state index contributed by atoms with van der Waals surface area (Å²) < 4.78 is 11.1. The van der Waals surface area contributed by atoms with Crippen LogP contribution < -0.4 is 4.74 Å². The number of piperidine rings is 1. The van der Waals surface area contributed by atoms with E-state index in [1.807, 2.05) is 30.5 Å². The van der Waals surface area contributed by atoms with Gasteiger partial charge >= 0.3 is 0 Å². The Labute approximate surface area is 187 Å². The number of pyridine rings is 1. The first-order valence-corrected chi connectivity index (χ1v) is 11.3. The SMILES string of the molecule is COc1nc2ccccc2cc1-c1cnc([C@@H]2C[C@@H](N3CCOCC3)CCN2CC=O)[nH]1. The highest BCUT2D eigenvalue weighted by molar-refractivity contribution is 5.85. The van der Waals surface area contributed by atoms with Crippen LogP contribution in [0.4, 0.5) is 0 Å². The largest absolute Gasteiger partial charge is 0.480 e. The molecule has 2 atom stereocenters. The summed E-state index contributed by atoms with van der Waals surface area (Å²) in [7, 11) is 1.64. The Morgan fingerprint density at radius 3 is 2.91 bits per heavy atom. The van der Waals surface area contributed by atoms with Gasteiger partial charge in [-0.05, 0) is 25.0 Å². The van der Waals surface area contributed by atoms with E-state index in [1.54, 1.807) is 7.11 Å². The van der Waals surface area contributed by atoms with Crippen molar-refractivity contribution in [2.24, 2.45) is 0 Å². The summed E-state index contributed by atoms with van der Waals surface area (Å²) in [6.45, 7) is 4.81. The fourth-order valence-electron chi connectivity index (χ4n) is 4.96. The third-order valence-corrected chi connectivity index (χ3v) is 6.64. The van der Waals surface area contributed by atoms with Gasteiger partial charge in [-0.2, -0.15) is 0 Å². The third-order valence-electron chi connectivity index (χ3n) is 6.64. The van der Waals surface area contributed by atoms with Crippen LogP contribution in [0.5, 0.6) is 5.88 Å². The number of nitrogens with zero attached hydrogens (tertiary/aromatic N) is 4. The molecule has 0 spiro atoms. The molecule has 2 aliphatic rings. The Morgan fingerprint density at radius 1 is 1.25 bits per heavy atom. The van der Waals surface area contributed by atoms with Gasteiger partial charge in [-0.25, -0.2) is 9.97 Å². The molecule has 0 aliphatic carbocycles. The van der Waals surface area contributed by atoms with E-state index in [0.717, 1.165) is 80.0 Å². The van der Waals surface area contributed by atoms with E-state index >= 15 is 0 Å². The Kier molecular flexibility index (Phi) is 6.16. The van der Waals surface area contributed by atoms with Crippen LogP contribution in [0.1, 0.15) is 24.7 Å². The lowest BCUT2D eigenvalue weighted by Gasteiger charge is -2.43. The van der Waals surface area contributed by atoms with E-state index < -0.39 is 0 Å². The number of para-hydroxylation sites is 1. The molecule has 2 saturated heterocycles. The molecule has 8 nitrogen and oxygen atoms in total. The lowest BCUT2D eigenvalue weighted by Crippen LogP contribution is -2.50. The van der Waals surface area contributed by atoms with E-state index in [9.17, 15) is 4.79 Å². The molecule has 2 aliphatic heterocycles. The first-order chi connectivity index (χ1) is 15.8. The average molecular weight is 436 g/mol. The number of carbonyl (C=O) groups excluding carboxylic acids is 1. The molecule has 0 unspecified atom stereocenters. The van der Waals surface area contributed by atoms with Crippen molar-refractivity contribution >= 4 is 17.2 Å². The van der Waals surface area contributed by atoms with E-state index in [2.05, 4.69) is 25.8 Å². The summed E-state index contributed by atoms with van der Waals surface area (Å²) in [5, 5.41) is 1.05. The number of fused-ring (bicyclic) bond motifs is 1. The smallest absolute Gasteiger partial charge is 0.223 e. The maximum atomic E-state index is 11.3. The van der Waals surface area contributed by atoms with Gasteiger partial charge < -0.3 is 19.3 Å². The Bertz CT molecular complexity index is 1080. The number of likely N-dealkylation sites (tertiary alicyclic amines) is 1. The number of nitrogens with one attached hydrogen (secondary N) is 1. The van der Waals surface area contributed by atoms with Crippen molar-refractivity contribution in [1.82, 2.24) is 24.8 Å². The highest BCUT2D eigenvalue weighted by Crippen LogP contribution is 2.35. The second-order valence-electron chi connectivity index (χ2n) is 8.42. The predicted molar refractivity (Wildman–Crippen MR) is 122 cm³/mol. The highest BCUT2D eigenvalue weighted by atomic mass is 16.5. The van der Waals surface area contributed by atoms with Gasteiger partial charge in [0.1, 0.15) is 12.1 Å². The van der Waals surface area contributed by atoms with Crippen molar-refractivity contribution in [2.45, 2.75) is 24.9 Å². The van der Waals surface area contributed by atoms with Gasteiger partial charge in [0.25, 0.3) is 0 Å². The quantitative estimate of drug-likeness (QED) is 0.596. The van der Waals surface area contributed by atoms with Crippen molar-refractivity contribution in [1.29, 1.82) is 0 Å². The van der Waals surface area contributed by atoms with E-state index in [1.165, 1.54) is 0 Å². The van der Waals surface area contributed by atoms with Gasteiger partial charge in [-0.1, -0.05) is 18.2 Å². The molecular formula is C24H29N5O3. The van der Waals surface area contributed by atoms with Crippen LogP contribution in [0.2, 0.25) is 0 Å². The summed E-state index contributed by atoms with van der Waals surface area (Å²) in [6.07, 6.45) is 4.83. The molecule has 5 rings (SSSR count). The van der Waals surface area contributed by atoms with Crippen LogP contribution in [-0.2, 0) is 9.53 Å². The Hall–Kier alpha value is -2.81. The second kappa shape index (κ2) is 9.36. The molecule has 2 aromatic heterocycles. The Morgan fingerprint density at radius 2 is 2.09 bits per heavy atom. The average Bonchev–Trinajstić information content (AvgIpc) is 3.34. The first-order valence-electron chi connectivity index (χ1n) is 11.3. The minimum atomic E-state index is 0.0648. The van der Waals surface area contributed by atoms with Crippen molar-refractivity contribution < 1.29 is 14.3 Å². The lowest BCUT2D eigenvalue weighted by atomic mass is 9.95. The number of aldehydes is 1. The molecule has 168 valence electrons. The van der Waals surface area contributed by atoms with Crippen LogP contribution in [0.15, 0.2) is 36.5 Å². The van der Waals surface area contributed by atoms with Crippen LogP contribution in [0.25, 0.3) is 22.2 Å². The zero-order valence-corrected chi connectivity index (χ0v) is 18.4. The van der Waals surface area contributed by atoms with Gasteiger partial charge in [-0.15, -0.1) is 0 Å². The van der Waals surface area contributed by atoms with Gasteiger partial charge in [0.15, 0.2) is 0 Å². The fourth-order valence-corrected chi connectivity index (χ4v) is 4.96. The number of imidazole rings is 1. The molecule has 8 heteroatoms. The molecule has 4 heterocycles. The molecule has 0 saturated carbocycles. The predicted octanol–water partition coefficient (Wildman–Crippen LogP) is 2.67. The van der Waals surface area contributed by atoms with Crippen molar-refractivity contribution in [3.05, 3.63) is 42.4 Å². The number of hydrogen-bond donors (Lipinski definition) is 1. The maximum Gasteiger partial charge on any atom is 0.223 e. The zero-order chi connectivity index (χ0) is 21.9. The molecule has 0 radical (unpaired) electrons. The standard InChI is InChI=1S/C24H29N5O3/c1-31-24-19(14-17-4-2-3-5-20(17)27-24)21-16-25-23(26-21)22-15-18(6-7-29(22)8-11-30)28-9-12-32-13-10-28/h2-5,11,14,16,18,22H,6-10,12-13,15H2,1H3,(H,25,26)/t18-,22-/m0/s1. The third kappa shape index (κ3) is 4.13. The van der Waals surface area contributed by atoms with Gasteiger partial charge in [-0.3, -0.25) is 9.80 Å². The number of hydrogen-bond acceptors (Lipinski definition) is 7. The molecule has 0 amide bonds. The van der Waals surface area contributed by atoms with Crippen LogP contribution in [0.3, 0.4) is 0 Å². The minimum Gasteiger partial charge on any atom is -0.480 e. The highest BCUT2D eigenvalue weighted by Gasteiger charge is 2.34. The molecular weight excluding hydrogens is 406 g/mol. The van der Waals surface area contributed by atoms with E-state index in [0.29, 0.717) is 18.5 Å². The number of aromatic nitrogens is 3.